The third kappa shape index (κ3) is 6.67. The van der Waals surface area contributed by atoms with Crippen LogP contribution in [0.1, 0.15) is 31.1 Å². The van der Waals surface area contributed by atoms with Crippen LogP contribution in [0, 0.1) is 0 Å². The molecule has 0 aliphatic carbocycles. The Labute approximate surface area is 178 Å². The molecule has 0 spiro atoms. The second kappa shape index (κ2) is 11.3. The molecule has 0 radical (unpaired) electrons. The van der Waals surface area contributed by atoms with Gasteiger partial charge in [0.1, 0.15) is 0 Å². The number of nitrogens with one attached hydrogen (secondary N) is 2. The summed E-state index contributed by atoms with van der Waals surface area (Å²) < 4.78 is 17.8. The number of benzene rings is 2. The SMILES string of the molecule is CCOc1cc(C(=O)NCC(=O)Nc2ccc(Br)cc2)cc(OCC)c1OCC. The molecule has 0 aliphatic rings. The third-order valence-corrected chi connectivity index (χ3v) is 4.24. The average Bonchev–Trinajstić information content (AvgIpc) is 2.70. The maximum Gasteiger partial charge on any atom is 0.251 e. The summed E-state index contributed by atoms with van der Waals surface area (Å²) in [4.78, 5) is 24.7. The predicted octanol–water partition coefficient (Wildman–Crippen LogP) is 4.01. The Kier molecular flexibility index (Phi) is 8.79. The standard InChI is InChI=1S/C21H25BrN2O5/c1-4-27-17-11-14(12-18(28-5-2)20(17)29-6-3)21(26)23-13-19(25)24-16-9-7-15(22)8-10-16/h7-12H,4-6,13H2,1-3H3,(H,23,26)(H,24,25). The van der Waals surface area contributed by atoms with Gasteiger partial charge in [-0.1, -0.05) is 15.9 Å². The van der Waals surface area contributed by atoms with Crippen LogP contribution in [0.4, 0.5) is 5.69 Å². The molecule has 0 bridgehead atoms. The molecule has 0 aromatic heterocycles. The first-order valence-electron chi connectivity index (χ1n) is 9.38. The van der Waals surface area contributed by atoms with Crippen molar-refractivity contribution in [2.75, 3.05) is 31.7 Å². The highest BCUT2D eigenvalue weighted by Crippen LogP contribution is 2.39. The number of rotatable bonds is 10. The zero-order chi connectivity index (χ0) is 21.2. The maximum atomic E-state index is 12.6. The van der Waals surface area contributed by atoms with Crippen LogP contribution in [0.3, 0.4) is 0 Å². The molecule has 2 N–H and O–H groups in total. The fourth-order valence-corrected chi connectivity index (χ4v) is 2.79. The monoisotopic (exact) mass is 464 g/mol. The highest BCUT2D eigenvalue weighted by atomic mass is 79.9. The third-order valence-electron chi connectivity index (χ3n) is 3.71. The number of carbonyl (C=O) groups excluding carboxylic acids is 2. The van der Waals surface area contributed by atoms with Gasteiger partial charge in [0.05, 0.1) is 26.4 Å². The van der Waals surface area contributed by atoms with E-state index in [-0.39, 0.29) is 12.5 Å². The van der Waals surface area contributed by atoms with Crippen molar-refractivity contribution in [2.24, 2.45) is 0 Å². The van der Waals surface area contributed by atoms with Crippen molar-refractivity contribution in [1.82, 2.24) is 5.32 Å². The largest absolute Gasteiger partial charge is 0.490 e. The van der Waals surface area contributed by atoms with Gasteiger partial charge < -0.3 is 24.8 Å². The molecule has 29 heavy (non-hydrogen) atoms. The number of amides is 2. The lowest BCUT2D eigenvalue weighted by Gasteiger charge is -2.17. The summed E-state index contributed by atoms with van der Waals surface area (Å²) in [7, 11) is 0. The van der Waals surface area contributed by atoms with Crippen LogP contribution in [0.5, 0.6) is 17.2 Å². The Morgan fingerprint density at radius 3 is 1.97 bits per heavy atom. The summed E-state index contributed by atoms with van der Waals surface area (Å²) >= 11 is 3.34. The normalized spacial score (nSPS) is 10.2. The molecule has 2 aromatic carbocycles. The van der Waals surface area contributed by atoms with E-state index in [9.17, 15) is 9.59 Å². The molecule has 156 valence electrons. The van der Waals surface area contributed by atoms with E-state index >= 15 is 0 Å². The highest BCUT2D eigenvalue weighted by Gasteiger charge is 2.18. The molecular weight excluding hydrogens is 440 g/mol. The molecule has 2 rings (SSSR count). The molecule has 2 amide bonds. The second-order valence-corrected chi connectivity index (χ2v) is 6.75. The number of ether oxygens (including phenoxy) is 3. The highest BCUT2D eigenvalue weighted by molar-refractivity contribution is 9.10. The van der Waals surface area contributed by atoms with Crippen molar-refractivity contribution < 1.29 is 23.8 Å². The second-order valence-electron chi connectivity index (χ2n) is 5.84. The fraction of sp³-hybridized carbons (Fsp3) is 0.333. The fourth-order valence-electron chi connectivity index (χ4n) is 2.52. The Bertz CT molecular complexity index is 812. The van der Waals surface area contributed by atoms with Gasteiger partial charge in [0.25, 0.3) is 5.91 Å². The summed E-state index contributed by atoms with van der Waals surface area (Å²) in [5, 5.41) is 5.33. The van der Waals surface area contributed by atoms with Crippen LogP contribution < -0.4 is 24.8 Å². The van der Waals surface area contributed by atoms with Crippen LogP contribution in [0.15, 0.2) is 40.9 Å². The van der Waals surface area contributed by atoms with E-state index in [0.29, 0.717) is 48.3 Å². The van der Waals surface area contributed by atoms with E-state index in [1.807, 2.05) is 32.9 Å². The molecule has 0 heterocycles. The van der Waals surface area contributed by atoms with Gasteiger partial charge >= 0.3 is 0 Å². The zero-order valence-corrected chi connectivity index (χ0v) is 18.3. The van der Waals surface area contributed by atoms with Gasteiger partial charge in [0.2, 0.25) is 11.7 Å². The summed E-state index contributed by atoms with van der Waals surface area (Å²) in [6.45, 7) is 6.62. The summed E-state index contributed by atoms with van der Waals surface area (Å²) in [5.74, 6) is 0.554. The predicted molar refractivity (Wildman–Crippen MR) is 115 cm³/mol. The molecule has 0 atom stereocenters. The molecule has 7 nitrogen and oxygen atoms in total. The zero-order valence-electron chi connectivity index (χ0n) is 16.7. The van der Waals surface area contributed by atoms with Gasteiger partial charge in [-0.15, -0.1) is 0 Å². The Balaban J connectivity index is 2.10. The quantitative estimate of drug-likeness (QED) is 0.554. The molecule has 0 saturated carbocycles. The number of carbonyl (C=O) groups is 2. The van der Waals surface area contributed by atoms with Gasteiger partial charge in [0, 0.05) is 15.7 Å². The minimum Gasteiger partial charge on any atom is -0.490 e. The van der Waals surface area contributed by atoms with E-state index in [4.69, 9.17) is 14.2 Å². The smallest absolute Gasteiger partial charge is 0.251 e. The number of hydrogen-bond donors (Lipinski definition) is 2. The van der Waals surface area contributed by atoms with Crippen LogP contribution in [0.25, 0.3) is 0 Å². The van der Waals surface area contributed by atoms with Crippen molar-refractivity contribution >= 4 is 33.4 Å². The van der Waals surface area contributed by atoms with Gasteiger partial charge in [-0.2, -0.15) is 0 Å². The topological polar surface area (TPSA) is 85.9 Å². The van der Waals surface area contributed by atoms with Crippen molar-refractivity contribution in [3.63, 3.8) is 0 Å². The lowest BCUT2D eigenvalue weighted by molar-refractivity contribution is -0.115. The lowest BCUT2D eigenvalue weighted by atomic mass is 10.1. The first-order valence-corrected chi connectivity index (χ1v) is 10.2. The van der Waals surface area contributed by atoms with E-state index in [1.54, 1.807) is 24.3 Å². The molecule has 2 aromatic rings. The Hall–Kier alpha value is -2.74. The maximum absolute atomic E-state index is 12.6. The minimum absolute atomic E-state index is 0.171. The molecule has 8 heteroatoms. The summed E-state index contributed by atoms with van der Waals surface area (Å²) in [6.07, 6.45) is 0. The van der Waals surface area contributed by atoms with Crippen molar-refractivity contribution in [3.05, 3.63) is 46.4 Å². The van der Waals surface area contributed by atoms with Crippen LogP contribution in [-0.4, -0.2) is 38.2 Å². The van der Waals surface area contributed by atoms with Gasteiger partial charge in [-0.3, -0.25) is 9.59 Å². The van der Waals surface area contributed by atoms with Crippen LogP contribution in [0.2, 0.25) is 0 Å². The van der Waals surface area contributed by atoms with E-state index < -0.39 is 5.91 Å². The van der Waals surface area contributed by atoms with Crippen LogP contribution in [-0.2, 0) is 4.79 Å². The first-order chi connectivity index (χ1) is 14.0. The molecule has 0 fully saturated rings. The minimum atomic E-state index is -0.416. The van der Waals surface area contributed by atoms with Gasteiger partial charge in [-0.25, -0.2) is 0 Å². The average molecular weight is 465 g/mol. The number of halogens is 1. The van der Waals surface area contributed by atoms with Crippen LogP contribution >= 0.6 is 15.9 Å². The van der Waals surface area contributed by atoms with Crippen molar-refractivity contribution in [1.29, 1.82) is 0 Å². The molecule has 0 unspecified atom stereocenters. The van der Waals surface area contributed by atoms with Gasteiger partial charge in [-0.05, 0) is 57.2 Å². The Morgan fingerprint density at radius 1 is 0.897 bits per heavy atom. The molecule has 0 aliphatic heterocycles. The van der Waals surface area contributed by atoms with E-state index in [1.165, 1.54) is 0 Å². The van der Waals surface area contributed by atoms with E-state index in [0.717, 1.165) is 4.47 Å². The first kappa shape index (κ1) is 22.5. The van der Waals surface area contributed by atoms with Crippen molar-refractivity contribution in [2.45, 2.75) is 20.8 Å². The summed E-state index contributed by atoms with van der Waals surface area (Å²) in [5.41, 5.74) is 0.961. The molecule has 0 saturated heterocycles. The number of hydrogen-bond acceptors (Lipinski definition) is 5. The van der Waals surface area contributed by atoms with E-state index in [2.05, 4.69) is 26.6 Å². The van der Waals surface area contributed by atoms with Crippen molar-refractivity contribution in [3.8, 4) is 17.2 Å². The lowest BCUT2D eigenvalue weighted by Crippen LogP contribution is -2.32. The number of anilines is 1. The Morgan fingerprint density at radius 2 is 1.45 bits per heavy atom. The van der Waals surface area contributed by atoms with Gasteiger partial charge in [0.15, 0.2) is 11.5 Å². The summed E-state index contributed by atoms with van der Waals surface area (Å²) in [6, 6.07) is 10.3. The molecular formula is C21H25BrN2O5.